The Labute approximate surface area is 218 Å². The highest BCUT2D eigenvalue weighted by atomic mass is 32.2. The van der Waals surface area contributed by atoms with Crippen molar-refractivity contribution in [1.82, 2.24) is 30.3 Å². The Morgan fingerprint density at radius 3 is 2.57 bits per heavy atom. The molecule has 37 heavy (non-hydrogen) atoms. The summed E-state index contributed by atoms with van der Waals surface area (Å²) >= 11 is 1.48. The zero-order chi connectivity index (χ0) is 27.1. The molecular weight excluding hydrogens is 502 g/mol. The van der Waals surface area contributed by atoms with Crippen molar-refractivity contribution in [3.8, 4) is 0 Å². The van der Waals surface area contributed by atoms with E-state index in [0.717, 1.165) is 25.0 Å². The van der Waals surface area contributed by atoms with Crippen molar-refractivity contribution in [1.29, 1.82) is 0 Å². The second-order valence-electron chi connectivity index (χ2n) is 9.05. The third kappa shape index (κ3) is 6.84. The highest BCUT2D eigenvalue weighted by Crippen LogP contribution is 2.37. The predicted octanol–water partition coefficient (Wildman–Crippen LogP) is -0.546. The van der Waals surface area contributed by atoms with Gasteiger partial charge in [-0.05, 0) is 25.7 Å². The first-order chi connectivity index (χ1) is 17.7. The number of aliphatic hydroxyl groups excluding tert-OH is 2. The Balaban J connectivity index is 1.86. The summed E-state index contributed by atoms with van der Waals surface area (Å²) in [5, 5.41) is 36.2. The van der Waals surface area contributed by atoms with Gasteiger partial charge in [0.25, 0.3) is 0 Å². The fraction of sp³-hybridized carbons (Fsp3) is 0.682. The number of fused-ring (bicyclic) bond motifs is 1. The molecule has 14 nitrogen and oxygen atoms in total. The van der Waals surface area contributed by atoms with Gasteiger partial charge in [-0.15, -0.1) is 5.10 Å². The van der Waals surface area contributed by atoms with Crippen molar-refractivity contribution in [2.24, 2.45) is 17.4 Å². The van der Waals surface area contributed by atoms with Crippen LogP contribution in [0.25, 0.3) is 11.2 Å². The number of nitrogens with two attached hydrogens (primary N) is 2. The molecule has 2 aromatic heterocycles. The Kier molecular flexibility index (Phi) is 10.00. The zero-order valence-electron chi connectivity index (χ0n) is 21.0. The van der Waals surface area contributed by atoms with Gasteiger partial charge >= 0.3 is 0 Å². The van der Waals surface area contributed by atoms with Crippen LogP contribution >= 0.6 is 11.8 Å². The number of anilines is 1. The van der Waals surface area contributed by atoms with Crippen LogP contribution in [0, 0.1) is 5.92 Å². The molecule has 0 radical (unpaired) electrons. The van der Waals surface area contributed by atoms with Crippen LogP contribution in [-0.4, -0.2) is 83.4 Å². The van der Waals surface area contributed by atoms with Gasteiger partial charge in [0, 0.05) is 18.7 Å². The minimum Gasteiger partial charge on any atom is -0.390 e. The number of hydrogen-bond acceptors (Lipinski definition) is 11. The second-order valence-corrected chi connectivity index (χ2v) is 10.1. The van der Waals surface area contributed by atoms with Gasteiger partial charge in [0.1, 0.15) is 12.1 Å². The van der Waals surface area contributed by atoms with Crippen molar-refractivity contribution in [3.05, 3.63) is 0 Å². The van der Waals surface area contributed by atoms with Crippen molar-refractivity contribution in [3.63, 3.8) is 0 Å². The number of nitrogens with zero attached hydrogens (tertiary/aromatic N) is 5. The third-order valence-electron chi connectivity index (χ3n) is 6.20. The largest absolute Gasteiger partial charge is 0.390 e. The first kappa shape index (κ1) is 28.5. The lowest BCUT2D eigenvalue weighted by Crippen LogP contribution is -2.48. The predicted molar refractivity (Wildman–Crippen MR) is 136 cm³/mol. The Bertz CT molecular complexity index is 1110. The maximum Gasteiger partial charge on any atom is 0.240 e. The number of primary amides is 2. The van der Waals surface area contributed by atoms with Gasteiger partial charge in [0.15, 0.2) is 22.1 Å². The molecule has 2 heterocycles. The van der Waals surface area contributed by atoms with Gasteiger partial charge in [-0.25, -0.2) is 14.6 Å². The molecule has 3 rings (SSSR count). The summed E-state index contributed by atoms with van der Waals surface area (Å²) < 4.78 is 1.41. The Hall–Kier alpha value is -3.04. The van der Waals surface area contributed by atoms with E-state index in [1.54, 1.807) is 0 Å². The number of rotatable bonds is 14. The molecule has 8 N–H and O–H groups in total. The molecule has 15 heteroatoms. The zero-order valence-corrected chi connectivity index (χ0v) is 21.8. The molecule has 1 fully saturated rings. The number of thioether (sulfide) groups is 1. The van der Waals surface area contributed by atoms with E-state index in [0.29, 0.717) is 28.7 Å². The van der Waals surface area contributed by atoms with Crippen LogP contribution in [0.2, 0.25) is 0 Å². The number of amides is 3. The maximum absolute atomic E-state index is 12.9. The van der Waals surface area contributed by atoms with Crippen LogP contribution in [-0.2, 0) is 14.4 Å². The number of carbonyl (C=O) groups is 3. The smallest absolute Gasteiger partial charge is 0.240 e. The van der Waals surface area contributed by atoms with Crippen LogP contribution in [0.1, 0.15) is 58.4 Å². The Morgan fingerprint density at radius 1 is 1.16 bits per heavy atom. The van der Waals surface area contributed by atoms with Crippen molar-refractivity contribution < 1.29 is 24.6 Å². The van der Waals surface area contributed by atoms with Gasteiger partial charge in [-0.1, -0.05) is 37.2 Å². The molecule has 1 aliphatic rings. The van der Waals surface area contributed by atoms with Crippen LogP contribution in [0.4, 0.5) is 5.82 Å². The first-order valence-electron chi connectivity index (χ1n) is 12.4. The van der Waals surface area contributed by atoms with E-state index >= 15 is 0 Å². The highest BCUT2D eigenvalue weighted by molar-refractivity contribution is 7.99. The standard InChI is InChI=1S/C22H35N9O5S/c1-3-5-8-25-19-15-20(28-22(27-19)37-9-4-2)31(30-29-15)13-10-11(16(33)17(13)34)21(36)26-12(18(24)35)6-7-14(23)32/h11-13,16-17,33-34H,3-10H2,1-2H3,(H2,23,32)(H2,24,35)(H,26,36)(H,25,27,28)/t11-,12?,13+,16+,17-/m0/s1. The summed E-state index contributed by atoms with van der Waals surface area (Å²) in [7, 11) is 0. The average molecular weight is 538 g/mol. The topological polar surface area (TPSA) is 224 Å². The molecule has 5 atom stereocenters. The summed E-state index contributed by atoms with van der Waals surface area (Å²) in [5.74, 6) is -1.87. The quantitative estimate of drug-likeness (QED) is 0.102. The Morgan fingerprint density at radius 2 is 1.92 bits per heavy atom. The SMILES string of the molecule is CCCCNc1nc(SCCC)nc2c1nnn2[C@@H]1C[C@H](C(=O)NC(CCC(N)=O)C(N)=O)[C@@H](O)[C@H]1O. The van der Waals surface area contributed by atoms with E-state index in [1.165, 1.54) is 16.4 Å². The van der Waals surface area contributed by atoms with E-state index in [1.807, 2.05) is 0 Å². The van der Waals surface area contributed by atoms with Gasteiger partial charge in [0.2, 0.25) is 17.7 Å². The molecule has 0 saturated heterocycles. The van der Waals surface area contributed by atoms with Crippen LogP contribution in [0.15, 0.2) is 5.16 Å². The van der Waals surface area contributed by atoms with Crippen molar-refractivity contribution in [2.75, 3.05) is 17.6 Å². The monoisotopic (exact) mass is 537 g/mol. The van der Waals surface area contributed by atoms with Gasteiger partial charge in [-0.2, -0.15) is 0 Å². The normalized spacial score (nSPS) is 22.2. The average Bonchev–Trinajstić information content (AvgIpc) is 3.40. The second kappa shape index (κ2) is 13.0. The van der Waals surface area contributed by atoms with Crippen LogP contribution in [0.5, 0.6) is 0 Å². The number of hydrogen-bond donors (Lipinski definition) is 6. The van der Waals surface area contributed by atoms with E-state index in [2.05, 4.69) is 44.8 Å². The lowest BCUT2D eigenvalue weighted by Gasteiger charge is -2.20. The van der Waals surface area contributed by atoms with Crippen LogP contribution in [0.3, 0.4) is 0 Å². The highest BCUT2D eigenvalue weighted by Gasteiger charge is 2.47. The fourth-order valence-corrected chi connectivity index (χ4v) is 4.85. The lowest BCUT2D eigenvalue weighted by molar-refractivity contribution is -0.133. The molecular formula is C22H35N9O5S. The molecule has 2 aromatic rings. The van der Waals surface area contributed by atoms with E-state index in [-0.39, 0.29) is 19.3 Å². The van der Waals surface area contributed by atoms with Gasteiger partial charge < -0.3 is 32.3 Å². The molecule has 0 aromatic carbocycles. The molecule has 1 aliphatic carbocycles. The molecule has 1 saturated carbocycles. The third-order valence-corrected chi connectivity index (χ3v) is 7.26. The first-order valence-corrected chi connectivity index (χ1v) is 13.4. The molecule has 1 unspecified atom stereocenters. The molecule has 204 valence electrons. The number of carbonyl (C=O) groups excluding carboxylic acids is 3. The van der Waals surface area contributed by atoms with Gasteiger partial charge in [-0.3, -0.25) is 14.4 Å². The van der Waals surface area contributed by atoms with Gasteiger partial charge in [0.05, 0.1) is 18.1 Å². The summed E-state index contributed by atoms with van der Waals surface area (Å²) in [4.78, 5) is 44.9. The molecule has 0 aliphatic heterocycles. The number of nitrogens with one attached hydrogen (secondary N) is 2. The summed E-state index contributed by atoms with van der Waals surface area (Å²) in [6, 6.07) is -1.95. The molecule has 3 amide bonds. The maximum atomic E-state index is 12.9. The molecule has 0 spiro atoms. The minimum absolute atomic E-state index is 0.00790. The number of aliphatic hydroxyl groups is 2. The van der Waals surface area contributed by atoms with E-state index in [9.17, 15) is 24.6 Å². The number of aromatic nitrogens is 5. The summed E-state index contributed by atoms with van der Waals surface area (Å²) in [6.45, 7) is 4.83. The fourth-order valence-electron chi connectivity index (χ4n) is 4.16. The number of unbranched alkanes of at least 4 members (excludes halogenated alkanes) is 1. The van der Waals surface area contributed by atoms with E-state index < -0.39 is 47.9 Å². The summed E-state index contributed by atoms with van der Waals surface area (Å²) in [5.41, 5.74) is 11.3. The van der Waals surface area contributed by atoms with Crippen molar-refractivity contribution in [2.45, 2.75) is 81.8 Å². The lowest BCUT2D eigenvalue weighted by atomic mass is 10.0. The van der Waals surface area contributed by atoms with Crippen molar-refractivity contribution >= 4 is 46.5 Å². The van der Waals surface area contributed by atoms with Crippen LogP contribution < -0.4 is 22.1 Å². The molecule has 0 bridgehead atoms. The van der Waals surface area contributed by atoms with E-state index in [4.69, 9.17) is 11.5 Å². The minimum atomic E-state index is -1.44. The summed E-state index contributed by atoms with van der Waals surface area (Å²) in [6.07, 6.45) is -0.131.